The highest BCUT2D eigenvalue weighted by Crippen LogP contribution is 2.17. The Hall–Kier alpha value is -0.940. The second-order valence-corrected chi connectivity index (χ2v) is 5.48. The van der Waals surface area contributed by atoms with E-state index in [4.69, 9.17) is 0 Å². The van der Waals surface area contributed by atoms with Crippen LogP contribution in [0.2, 0.25) is 0 Å². The first-order chi connectivity index (χ1) is 8.56. The second-order valence-electron chi connectivity index (χ2n) is 4.57. The molecule has 18 heavy (non-hydrogen) atoms. The zero-order chi connectivity index (χ0) is 13.1. The van der Waals surface area contributed by atoms with E-state index in [0.29, 0.717) is 17.6 Å². The minimum Gasteiger partial charge on any atom is -0.337 e. The molecule has 1 aliphatic rings. The molecule has 1 unspecified atom stereocenters. The molecule has 0 aromatic heterocycles. The summed E-state index contributed by atoms with van der Waals surface area (Å²) in [5.41, 5.74) is 0.810. The Morgan fingerprint density at radius 1 is 1.50 bits per heavy atom. The van der Waals surface area contributed by atoms with Crippen molar-refractivity contribution in [1.29, 1.82) is 0 Å². The van der Waals surface area contributed by atoms with E-state index in [1.807, 2.05) is 13.0 Å². The minimum absolute atomic E-state index is 0.0767. The number of rotatable bonds is 2. The predicted molar refractivity (Wildman–Crippen MR) is 71.6 cm³/mol. The molecule has 1 aliphatic heterocycles. The lowest BCUT2D eigenvalue weighted by atomic mass is 10.2. The molecular formula is C13H16BrFN2O. The molecule has 1 saturated heterocycles. The van der Waals surface area contributed by atoms with E-state index in [2.05, 4.69) is 21.2 Å². The molecule has 2 rings (SSSR count). The smallest absolute Gasteiger partial charge is 0.239 e. The third-order valence-corrected chi connectivity index (χ3v) is 3.49. The van der Waals surface area contributed by atoms with Crippen LogP contribution in [0.4, 0.5) is 4.39 Å². The van der Waals surface area contributed by atoms with E-state index >= 15 is 0 Å². The quantitative estimate of drug-likeness (QED) is 0.908. The summed E-state index contributed by atoms with van der Waals surface area (Å²) in [4.78, 5) is 13.9. The zero-order valence-electron chi connectivity index (χ0n) is 10.2. The van der Waals surface area contributed by atoms with Gasteiger partial charge in [-0.15, -0.1) is 0 Å². The summed E-state index contributed by atoms with van der Waals surface area (Å²) in [6, 6.07) is 4.57. The normalized spacial score (nSPS) is 20.9. The molecule has 0 bridgehead atoms. The van der Waals surface area contributed by atoms with Gasteiger partial charge in [0.05, 0.1) is 6.04 Å². The average molecular weight is 315 g/mol. The maximum atomic E-state index is 13.3. The van der Waals surface area contributed by atoms with Crippen molar-refractivity contribution in [2.45, 2.75) is 25.9 Å². The monoisotopic (exact) mass is 314 g/mol. The second kappa shape index (κ2) is 5.80. The number of hydrogen-bond acceptors (Lipinski definition) is 2. The Balaban J connectivity index is 2.13. The van der Waals surface area contributed by atoms with Gasteiger partial charge in [0.15, 0.2) is 0 Å². The van der Waals surface area contributed by atoms with Crippen molar-refractivity contribution < 1.29 is 9.18 Å². The van der Waals surface area contributed by atoms with Crippen molar-refractivity contribution in [3.05, 3.63) is 34.1 Å². The maximum Gasteiger partial charge on any atom is 0.239 e. The van der Waals surface area contributed by atoms with Crippen molar-refractivity contribution in [3.8, 4) is 0 Å². The van der Waals surface area contributed by atoms with Gasteiger partial charge in [0.1, 0.15) is 5.82 Å². The molecule has 1 fully saturated rings. The summed E-state index contributed by atoms with van der Waals surface area (Å²) in [6.07, 6.45) is 0.923. The molecular weight excluding hydrogens is 299 g/mol. The van der Waals surface area contributed by atoms with Crippen LogP contribution < -0.4 is 5.32 Å². The molecule has 1 N–H and O–H groups in total. The molecule has 1 aromatic rings. The van der Waals surface area contributed by atoms with Crippen LogP contribution in [0.3, 0.4) is 0 Å². The highest BCUT2D eigenvalue weighted by molar-refractivity contribution is 9.10. The highest BCUT2D eigenvalue weighted by Gasteiger charge is 2.22. The topological polar surface area (TPSA) is 32.3 Å². The van der Waals surface area contributed by atoms with E-state index in [0.717, 1.165) is 18.5 Å². The van der Waals surface area contributed by atoms with E-state index in [1.165, 1.54) is 12.1 Å². The molecule has 1 heterocycles. The first kappa shape index (κ1) is 13.5. The van der Waals surface area contributed by atoms with Gasteiger partial charge >= 0.3 is 0 Å². The van der Waals surface area contributed by atoms with Gasteiger partial charge in [-0.05, 0) is 43.7 Å². The first-order valence-corrected chi connectivity index (χ1v) is 6.83. The van der Waals surface area contributed by atoms with Crippen LogP contribution in [-0.2, 0) is 11.3 Å². The van der Waals surface area contributed by atoms with Gasteiger partial charge in [-0.3, -0.25) is 4.79 Å². The van der Waals surface area contributed by atoms with E-state index < -0.39 is 0 Å². The SMILES string of the molecule is CC1NCCCN(Cc2cc(F)cc(Br)c2)C1=O. The molecule has 0 radical (unpaired) electrons. The molecule has 5 heteroatoms. The minimum atomic E-state index is -0.284. The molecule has 0 aliphatic carbocycles. The van der Waals surface area contributed by atoms with Gasteiger partial charge in [0.25, 0.3) is 0 Å². The van der Waals surface area contributed by atoms with Gasteiger partial charge < -0.3 is 10.2 Å². The molecule has 1 atom stereocenters. The van der Waals surface area contributed by atoms with E-state index in [-0.39, 0.29) is 17.8 Å². The summed E-state index contributed by atoms with van der Waals surface area (Å²) in [5, 5.41) is 3.16. The number of carbonyl (C=O) groups excluding carboxylic acids is 1. The van der Waals surface area contributed by atoms with Crippen molar-refractivity contribution in [2.75, 3.05) is 13.1 Å². The van der Waals surface area contributed by atoms with Gasteiger partial charge in [-0.1, -0.05) is 15.9 Å². The largest absolute Gasteiger partial charge is 0.337 e. The maximum absolute atomic E-state index is 13.3. The average Bonchev–Trinajstić information content (AvgIpc) is 2.43. The number of hydrogen-bond donors (Lipinski definition) is 1. The number of nitrogens with zero attached hydrogens (tertiary/aromatic N) is 1. The Kier molecular flexibility index (Phi) is 4.35. The molecule has 0 saturated carbocycles. The number of nitrogens with one attached hydrogen (secondary N) is 1. The van der Waals surface area contributed by atoms with Crippen LogP contribution in [0.1, 0.15) is 18.9 Å². The number of amides is 1. The number of carbonyl (C=O) groups is 1. The lowest BCUT2D eigenvalue weighted by Crippen LogP contribution is -2.41. The van der Waals surface area contributed by atoms with Crippen LogP contribution in [0.5, 0.6) is 0 Å². The zero-order valence-corrected chi connectivity index (χ0v) is 11.8. The Morgan fingerprint density at radius 3 is 3.00 bits per heavy atom. The molecule has 98 valence electrons. The fourth-order valence-electron chi connectivity index (χ4n) is 2.14. The summed E-state index contributed by atoms with van der Waals surface area (Å²) < 4.78 is 14.0. The van der Waals surface area contributed by atoms with Gasteiger partial charge in [0.2, 0.25) is 5.91 Å². The lowest BCUT2D eigenvalue weighted by molar-refractivity contribution is -0.132. The molecule has 0 spiro atoms. The Labute approximate surface area is 114 Å². The van der Waals surface area contributed by atoms with Gasteiger partial charge in [-0.25, -0.2) is 4.39 Å². The lowest BCUT2D eigenvalue weighted by Gasteiger charge is -2.22. The van der Waals surface area contributed by atoms with Crippen LogP contribution in [0.25, 0.3) is 0 Å². The van der Waals surface area contributed by atoms with Crippen LogP contribution in [-0.4, -0.2) is 29.9 Å². The number of halogens is 2. The Bertz CT molecular complexity index is 432. The third kappa shape index (κ3) is 3.29. The van der Waals surface area contributed by atoms with E-state index in [9.17, 15) is 9.18 Å². The fourth-order valence-corrected chi connectivity index (χ4v) is 2.65. The summed E-state index contributed by atoms with van der Waals surface area (Å²) in [7, 11) is 0. The fraction of sp³-hybridized carbons (Fsp3) is 0.462. The van der Waals surface area contributed by atoms with Crippen molar-refractivity contribution in [2.24, 2.45) is 0 Å². The third-order valence-electron chi connectivity index (χ3n) is 3.03. The molecule has 1 aromatic carbocycles. The van der Waals surface area contributed by atoms with Crippen molar-refractivity contribution in [1.82, 2.24) is 10.2 Å². The van der Waals surface area contributed by atoms with Crippen molar-refractivity contribution in [3.63, 3.8) is 0 Å². The molecule has 3 nitrogen and oxygen atoms in total. The summed E-state index contributed by atoms with van der Waals surface area (Å²) >= 11 is 3.26. The van der Waals surface area contributed by atoms with Gasteiger partial charge in [-0.2, -0.15) is 0 Å². The number of benzene rings is 1. The van der Waals surface area contributed by atoms with Crippen LogP contribution in [0.15, 0.2) is 22.7 Å². The highest BCUT2D eigenvalue weighted by atomic mass is 79.9. The summed E-state index contributed by atoms with van der Waals surface area (Å²) in [5.74, 6) is -0.208. The predicted octanol–water partition coefficient (Wildman–Crippen LogP) is 2.30. The summed E-state index contributed by atoms with van der Waals surface area (Å²) in [6.45, 7) is 3.88. The first-order valence-electron chi connectivity index (χ1n) is 6.03. The van der Waals surface area contributed by atoms with Gasteiger partial charge in [0, 0.05) is 17.6 Å². The van der Waals surface area contributed by atoms with Crippen molar-refractivity contribution >= 4 is 21.8 Å². The standard InChI is InChI=1S/C13H16BrFN2O/c1-9-13(18)17(4-2-3-16-9)8-10-5-11(14)7-12(15)6-10/h5-7,9,16H,2-4,8H2,1H3. The van der Waals surface area contributed by atoms with Crippen LogP contribution >= 0.6 is 15.9 Å². The molecule has 1 amide bonds. The Morgan fingerprint density at radius 2 is 2.28 bits per heavy atom. The van der Waals surface area contributed by atoms with Crippen LogP contribution in [0, 0.1) is 5.82 Å². The van der Waals surface area contributed by atoms with E-state index in [1.54, 1.807) is 4.90 Å².